The zero-order valence-electron chi connectivity index (χ0n) is 9.84. The number of likely N-dealkylation sites (tertiary alicyclic amines) is 1. The van der Waals surface area contributed by atoms with Gasteiger partial charge in [-0.1, -0.05) is 20.8 Å². The summed E-state index contributed by atoms with van der Waals surface area (Å²) in [7, 11) is 0. The molecule has 2 aliphatic rings. The molecule has 0 aliphatic carbocycles. The first-order chi connectivity index (χ1) is 6.57. The summed E-state index contributed by atoms with van der Waals surface area (Å²) in [6, 6.07) is 0. The van der Waals surface area contributed by atoms with Crippen molar-refractivity contribution in [2.45, 2.75) is 27.2 Å². The predicted octanol–water partition coefficient (Wildman–Crippen LogP) is 1.57. The van der Waals surface area contributed by atoms with Crippen LogP contribution in [0.1, 0.15) is 27.2 Å². The molecule has 82 valence electrons. The summed E-state index contributed by atoms with van der Waals surface area (Å²) >= 11 is 0. The lowest BCUT2D eigenvalue weighted by atomic mass is 9.88. The van der Waals surface area contributed by atoms with Gasteiger partial charge in [0, 0.05) is 13.1 Å². The molecule has 2 heteroatoms. The highest BCUT2D eigenvalue weighted by atomic mass is 15.2. The quantitative estimate of drug-likeness (QED) is 0.737. The molecule has 0 bridgehead atoms. The van der Waals surface area contributed by atoms with Crippen molar-refractivity contribution < 1.29 is 0 Å². The minimum absolute atomic E-state index is 0.567. The summed E-state index contributed by atoms with van der Waals surface area (Å²) in [5.74, 6) is 1.82. The predicted molar refractivity (Wildman–Crippen MR) is 60.4 cm³/mol. The van der Waals surface area contributed by atoms with E-state index in [0.717, 1.165) is 11.8 Å². The first-order valence-corrected chi connectivity index (χ1v) is 6.00. The van der Waals surface area contributed by atoms with Crippen molar-refractivity contribution in [1.29, 1.82) is 0 Å². The molecule has 0 amide bonds. The number of hydrogen-bond acceptors (Lipinski definition) is 2. The van der Waals surface area contributed by atoms with Gasteiger partial charge in [-0.3, -0.25) is 0 Å². The molecule has 1 unspecified atom stereocenters. The smallest absolute Gasteiger partial charge is 0.00333 e. The Morgan fingerprint density at radius 1 is 1.43 bits per heavy atom. The van der Waals surface area contributed by atoms with Crippen LogP contribution in [-0.4, -0.2) is 37.6 Å². The molecule has 0 aromatic rings. The molecule has 14 heavy (non-hydrogen) atoms. The molecular weight excluding hydrogens is 172 g/mol. The molecule has 2 heterocycles. The van der Waals surface area contributed by atoms with Gasteiger partial charge in [0.1, 0.15) is 0 Å². The van der Waals surface area contributed by atoms with Crippen molar-refractivity contribution in [3.63, 3.8) is 0 Å². The van der Waals surface area contributed by atoms with E-state index in [2.05, 4.69) is 31.0 Å². The normalized spacial score (nSPS) is 30.2. The van der Waals surface area contributed by atoms with Gasteiger partial charge in [-0.2, -0.15) is 0 Å². The van der Waals surface area contributed by atoms with Gasteiger partial charge in [-0.05, 0) is 43.3 Å². The standard InChI is InChI=1S/C12H24N2/c1-10(11-6-13-7-11)8-14-5-4-12(2,3)9-14/h10-11,13H,4-9H2,1-3H3. The number of nitrogens with one attached hydrogen (secondary N) is 1. The summed E-state index contributed by atoms with van der Waals surface area (Å²) in [6.45, 7) is 13.6. The monoisotopic (exact) mass is 196 g/mol. The zero-order chi connectivity index (χ0) is 10.2. The van der Waals surface area contributed by atoms with Crippen molar-refractivity contribution in [3.8, 4) is 0 Å². The van der Waals surface area contributed by atoms with Crippen LogP contribution in [-0.2, 0) is 0 Å². The third kappa shape index (κ3) is 2.29. The topological polar surface area (TPSA) is 15.3 Å². The maximum absolute atomic E-state index is 3.36. The first kappa shape index (κ1) is 10.4. The van der Waals surface area contributed by atoms with Gasteiger partial charge in [0.05, 0.1) is 0 Å². The largest absolute Gasteiger partial charge is 0.316 e. The minimum Gasteiger partial charge on any atom is -0.316 e. The van der Waals surface area contributed by atoms with Crippen LogP contribution in [0, 0.1) is 17.3 Å². The first-order valence-electron chi connectivity index (χ1n) is 6.00. The van der Waals surface area contributed by atoms with E-state index in [-0.39, 0.29) is 0 Å². The lowest BCUT2D eigenvalue weighted by Crippen LogP contribution is -2.48. The Balaban J connectivity index is 1.75. The van der Waals surface area contributed by atoms with Crippen LogP contribution in [0.15, 0.2) is 0 Å². The van der Waals surface area contributed by atoms with Crippen LogP contribution in [0.25, 0.3) is 0 Å². The molecule has 2 nitrogen and oxygen atoms in total. The molecule has 1 atom stereocenters. The molecule has 2 aliphatic heterocycles. The fourth-order valence-corrected chi connectivity index (χ4v) is 2.65. The summed E-state index contributed by atoms with van der Waals surface area (Å²) in [4.78, 5) is 2.66. The average molecular weight is 196 g/mol. The Bertz CT molecular complexity index is 196. The van der Waals surface area contributed by atoms with Crippen molar-refractivity contribution in [2.24, 2.45) is 17.3 Å². The summed E-state index contributed by atoms with van der Waals surface area (Å²) in [5, 5.41) is 3.36. The van der Waals surface area contributed by atoms with Gasteiger partial charge in [-0.25, -0.2) is 0 Å². The fraction of sp³-hybridized carbons (Fsp3) is 1.00. The molecule has 0 aromatic carbocycles. The fourth-order valence-electron chi connectivity index (χ4n) is 2.65. The molecule has 2 fully saturated rings. The maximum atomic E-state index is 3.36. The highest BCUT2D eigenvalue weighted by Gasteiger charge is 2.32. The van der Waals surface area contributed by atoms with E-state index < -0.39 is 0 Å². The van der Waals surface area contributed by atoms with Crippen molar-refractivity contribution >= 4 is 0 Å². The van der Waals surface area contributed by atoms with E-state index in [4.69, 9.17) is 0 Å². The Kier molecular flexibility index (Phi) is 2.85. The van der Waals surface area contributed by atoms with E-state index in [1.807, 2.05) is 0 Å². The molecule has 0 saturated carbocycles. The zero-order valence-corrected chi connectivity index (χ0v) is 9.84. The lowest BCUT2D eigenvalue weighted by Gasteiger charge is -2.35. The maximum Gasteiger partial charge on any atom is 0.00333 e. The van der Waals surface area contributed by atoms with E-state index >= 15 is 0 Å². The van der Waals surface area contributed by atoms with Gasteiger partial charge in [0.2, 0.25) is 0 Å². The van der Waals surface area contributed by atoms with Crippen LogP contribution in [0.5, 0.6) is 0 Å². The molecule has 0 radical (unpaired) electrons. The summed E-state index contributed by atoms with van der Waals surface area (Å²) < 4.78 is 0. The third-order valence-electron chi connectivity index (χ3n) is 3.92. The molecule has 1 N–H and O–H groups in total. The Morgan fingerprint density at radius 2 is 2.14 bits per heavy atom. The highest BCUT2D eigenvalue weighted by Crippen LogP contribution is 2.30. The van der Waals surface area contributed by atoms with Crippen LogP contribution < -0.4 is 5.32 Å². The minimum atomic E-state index is 0.567. The van der Waals surface area contributed by atoms with E-state index in [1.165, 1.54) is 39.1 Å². The third-order valence-corrected chi connectivity index (χ3v) is 3.92. The Labute approximate surface area is 88.1 Å². The van der Waals surface area contributed by atoms with E-state index in [1.54, 1.807) is 0 Å². The molecule has 2 saturated heterocycles. The second kappa shape index (κ2) is 3.82. The van der Waals surface area contributed by atoms with Gasteiger partial charge < -0.3 is 10.2 Å². The summed E-state index contributed by atoms with van der Waals surface area (Å²) in [6.07, 6.45) is 1.38. The van der Waals surface area contributed by atoms with Crippen molar-refractivity contribution in [1.82, 2.24) is 10.2 Å². The number of rotatable bonds is 3. The van der Waals surface area contributed by atoms with Crippen molar-refractivity contribution in [2.75, 3.05) is 32.7 Å². The van der Waals surface area contributed by atoms with Crippen LogP contribution in [0.2, 0.25) is 0 Å². The van der Waals surface area contributed by atoms with Crippen LogP contribution >= 0.6 is 0 Å². The molecule has 0 aromatic heterocycles. The molecular formula is C12H24N2. The van der Waals surface area contributed by atoms with Gasteiger partial charge >= 0.3 is 0 Å². The number of hydrogen-bond donors (Lipinski definition) is 1. The van der Waals surface area contributed by atoms with Gasteiger partial charge in [0.15, 0.2) is 0 Å². The second-order valence-corrected chi connectivity index (χ2v) is 6.04. The van der Waals surface area contributed by atoms with Gasteiger partial charge in [-0.15, -0.1) is 0 Å². The van der Waals surface area contributed by atoms with E-state index in [0.29, 0.717) is 5.41 Å². The van der Waals surface area contributed by atoms with Crippen LogP contribution in [0.3, 0.4) is 0 Å². The number of nitrogens with zero attached hydrogens (tertiary/aromatic N) is 1. The van der Waals surface area contributed by atoms with E-state index in [9.17, 15) is 0 Å². The lowest BCUT2D eigenvalue weighted by molar-refractivity contribution is 0.177. The average Bonchev–Trinajstić information content (AvgIpc) is 2.25. The Morgan fingerprint density at radius 3 is 2.57 bits per heavy atom. The van der Waals surface area contributed by atoms with Crippen molar-refractivity contribution in [3.05, 3.63) is 0 Å². The highest BCUT2D eigenvalue weighted by molar-refractivity contribution is 4.86. The molecule has 0 spiro atoms. The second-order valence-electron chi connectivity index (χ2n) is 6.04. The van der Waals surface area contributed by atoms with Crippen LogP contribution in [0.4, 0.5) is 0 Å². The Hall–Kier alpha value is -0.0800. The SMILES string of the molecule is CC(CN1CCC(C)(C)C1)C1CNC1. The summed E-state index contributed by atoms with van der Waals surface area (Å²) in [5.41, 5.74) is 0.567. The van der Waals surface area contributed by atoms with Gasteiger partial charge in [0.25, 0.3) is 0 Å². The molecule has 2 rings (SSSR count).